The lowest BCUT2D eigenvalue weighted by atomic mass is 9.97. The highest BCUT2D eigenvalue weighted by Gasteiger charge is 2.37. The zero-order valence-electron chi connectivity index (χ0n) is 18.2. The molecule has 0 radical (unpaired) electrons. The average Bonchev–Trinajstić information content (AvgIpc) is 3.14. The van der Waals surface area contributed by atoms with Crippen LogP contribution in [0.1, 0.15) is 24.8 Å². The molecular formula is C23H24ClFN4O3S. The van der Waals surface area contributed by atoms with Gasteiger partial charge < -0.3 is 9.80 Å². The Labute approximate surface area is 197 Å². The van der Waals surface area contributed by atoms with Crippen molar-refractivity contribution in [1.82, 2.24) is 9.88 Å². The number of carbonyl (C=O) groups excluding carboxylic acids is 1. The third-order valence-electron chi connectivity index (χ3n) is 6.41. The van der Waals surface area contributed by atoms with Gasteiger partial charge in [-0.05, 0) is 49.4 Å². The number of sulfone groups is 1. The van der Waals surface area contributed by atoms with Crippen molar-refractivity contribution in [2.75, 3.05) is 30.8 Å². The van der Waals surface area contributed by atoms with Crippen LogP contribution in [0, 0.1) is 18.3 Å². The van der Waals surface area contributed by atoms with Crippen LogP contribution in [0.15, 0.2) is 35.4 Å². The van der Waals surface area contributed by atoms with Gasteiger partial charge in [0.2, 0.25) is 11.6 Å². The predicted octanol–water partition coefficient (Wildman–Crippen LogP) is 3.89. The van der Waals surface area contributed by atoms with Gasteiger partial charge in [-0.3, -0.25) is 4.79 Å². The van der Waals surface area contributed by atoms with E-state index in [0.717, 1.165) is 25.2 Å². The number of nitrogens with zero attached hydrogens (tertiary/aromatic N) is 4. The van der Waals surface area contributed by atoms with Gasteiger partial charge in [-0.1, -0.05) is 17.7 Å². The molecule has 0 N–H and O–H groups in total. The fraction of sp³-hybridized carbons (Fsp3) is 0.435. The molecule has 1 amide bonds. The second-order valence-corrected chi connectivity index (χ2v) is 11.0. The summed E-state index contributed by atoms with van der Waals surface area (Å²) in [5.41, 5.74) is 0.778. The highest BCUT2D eigenvalue weighted by molar-refractivity contribution is 7.90. The van der Waals surface area contributed by atoms with E-state index in [1.54, 1.807) is 6.07 Å². The summed E-state index contributed by atoms with van der Waals surface area (Å²) in [5.74, 6) is -0.269. The van der Waals surface area contributed by atoms with Gasteiger partial charge in [-0.2, -0.15) is 0 Å². The number of anilines is 1. The van der Waals surface area contributed by atoms with Crippen LogP contribution in [-0.4, -0.2) is 56.1 Å². The molecule has 0 aliphatic carbocycles. The molecule has 10 heteroatoms. The number of amides is 1. The molecule has 4 rings (SSSR count). The maximum absolute atomic E-state index is 14.5. The normalized spacial score (nSPS) is 19.7. The molecule has 2 aromatic rings. The molecule has 1 aromatic heterocycles. The molecule has 0 bridgehead atoms. The number of halogens is 2. The second-order valence-electron chi connectivity index (χ2n) is 8.57. The first-order valence-corrected chi connectivity index (χ1v) is 13.0. The molecule has 2 aliphatic heterocycles. The van der Waals surface area contributed by atoms with Crippen molar-refractivity contribution in [3.63, 3.8) is 0 Å². The summed E-state index contributed by atoms with van der Waals surface area (Å²) < 4.78 is 37.7. The Balaban J connectivity index is 1.38. The van der Waals surface area contributed by atoms with E-state index in [1.807, 2.05) is 4.90 Å². The van der Waals surface area contributed by atoms with Crippen molar-refractivity contribution in [1.29, 1.82) is 0 Å². The molecule has 174 valence electrons. The first-order valence-electron chi connectivity index (χ1n) is 10.7. The molecule has 0 unspecified atom stereocenters. The molecule has 3 heterocycles. The van der Waals surface area contributed by atoms with Crippen LogP contribution in [0.3, 0.4) is 0 Å². The fourth-order valence-corrected chi connectivity index (χ4v) is 5.43. The first-order chi connectivity index (χ1) is 15.7. The predicted molar refractivity (Wildman–Crippen MR) is 124 cm³/mol. The van der Waals surface area contributed by atoms with Crippen LogP contribution in [0.4, 0.5) is 15.9 Å². The Bertz CT molecular complexity index is 1220. The minimum absolute atomic E-state index is 0.0199. The Hall–Kier alpha value is -2.70. The van der Waals surface area contributed by atoms with Crippen molar-refractivity contribution in [2.45, 2.75) is 36.6 Å². The zero-order valence-corrected chi connectivity index (χ0v) is 19.7. The zero-order chi connectivity index (χ0) is 23.8. The van der Waals surface area contributed by atoms with Crippen molar-refractivity contribution < 1.29 is 17.6 Å². The summed E-state index contributed by atoms with van der Waals surface area (Å²) in [6.45, 7) is 9.35. The number of hydrogen-bond donors (Lipinski definition) is 0. The molecular weight excluding hydrogens is 467 g/mol. The standard InChI is InChI=1S/C23H24ClFN4O3S/c1-26-21-12-17(24)14-27-22(21)28-8-6-18(7-9-28)29-10-5-16(23(29)30)11-15-3-4-19(13-20(15)25)33(2,31)32/h3-4,12-14,16,18H,5-11H2,2H3/t16-/m1/s1. The molecule has 33 heavy (non-hydrogen) atoms. The summed E-state index contributed by atoms with van der Waals surface area (Å²) >= 11 is 5.95. The van der Waals surface area contributed by atoms with Gasteiger partial charge in [-0.25, -0.2) is 22.6 Å². The number of hydrogen-bond acceptors (Lipinski definition) is 5. The minimum atomic E-state index is -3.48. The summed E-state index contributed by atoms with van der Waals surface area (Å²) in [5, 5.41) is 0.427. The lowest BCUT2D eigenvalue weighted by Crippen LogP contribution is -2.46. The molecule has 2 fully saturated rings. The van der Waals surface area contributed by atoms with Crippen LogP contribution < -0.4 is 4.90 Å². The lowest BCUT2D eigenvalue weighted by molar-refractivity contribution is -0.133. The van der Waals surface area contributed by atoms with Gasteiger partial charge in [0.15, 0.2) is 9.84 Å². The Morgan fingerprint density at radius 3 is 2.58 bits per heavy atom. The smallest absolute Gasteiger partial charge is 0.229 e. The number of piperidine rings is 1. The molecule has 7 nitrogen and oxygen atoms in total. The minimum Gasteiger partial charge on any atom is -0.365 e. The maximum Gasteiger partial charge on any atom is 0.229 e. The van der Waals surface area contributed by atoms with Gasteiger partial charge >= 0.3 is 0 Å². The van der Waals surface area contributed by atoms with E-state index >= 15 is 0 Å². The van der Waals surface area contributed by atoms with Gasteiger partial charge in [0.1, 0.15) is 11.6 Å². The van der Waals surface area contributed by atoms with Crippen LogP contribution in [0.25, 0.3) is 4.85 Å². The number of pyridine rings is 1. The highest BCUT2D eigenvalue weighted by Crippen LogP contribution is 2.33. The van der Waals surface area contributed by atoms with Gasteiger partial charge in [0, 0.05) is 49.1 Å². The summed E-state index contributed by atoms with van der Waals surface area (Å²) in [6.07, 6.45) is 5.00. The quantitative estimate of drug-likeness (QED) is 0.594. The van der Waals surface area contributed by atoms with E-state index in [9.17, 15) is 17.6 Å². The largest absolute Gasteiger partial charge is 0.365 e. The highest BCUT2D eigenvalue weighted by atomic mass is 35.5. The second kappa shape index (κ2) is 9.27. The number of aromatic nitrogens is 1. The summed E-state index contributed by atoms with van der Waals surface area (Å²) in [7, 11) is -3.48. The number of carbonyl (C=O) groups is 1. The van der Waals surface area contributed by atoms with E-state index in [2.05, 4.69) is 14.7 Å². The molecule has 1 atom stereocenters. The van der Waals surface area contributed by atoms with Crippen LogP contribution in [0.2, 0.25) is 5.02 Å². The van der Waals surface area contributed by atoms with E-state index in [-0.39, 0.29) is 29.2 Å². The average molecular weight is 491 g/mol. The van der Waals surface area contributed by atoms with Crippen LogP contribution in [0.5, 0.6) is 0 Å². The topological polar surface area (TPSA) is 74.9 Å². The van der Waals surface area contributed by atoms with Crippen LogP contribution in [-0.2, 0) is 21.1 Å². The maximum atomic E-state index is 14.5. The summed E-state index contributed by atoms with van der Waals surface area (Å²) in [6, 6.07) is 5.59. The summed E-state index contributed by atoms with van der Waals surface area (Å²) in [4.78, 5) is 24.8. The lowest BCUT2D eigenvalue weighted by Gasteiger charge is -2.37. The molecule has 0 spiro atoms. The number of likely N-dealkylation sites (tertiary alicyclic amines) is 1. The van der Waals surface area contributed by atoms with E-state index < -0.39 is 15.7 Å². The van der Waals surface area contributed by atoms with Crippen molar-refractivity contribution in [3.8, 4) is 0 Å². The third kappa shape index (κ3) is 4.97. The van der Waals surface area contributed by atoms with E-state index in [0.29, 0.717) is 48.1 Å². The van der Waals surface area contributed by atoms with E-state index in [4.69, 9.17) is 18.2 Å². The molecule has 1 aromatic carbocycles. The van der Waals surface area contributed by atoms with Crippen LogP contribution >= 0.6 is 11.6 Å². The van der Waals surface area contributed by atoms with Crippen molar-refractivity contribution in [2.24, 2.45) is 5.92 Å². The van der Waals surface area contributed by atoms with E-state index in [1.165, 1.54) is 18.3 Å². The molecule has 0 saturated carbocycles. The first kappa shape index (κ1) is 23.5. The Kier molecular flexibility index (Phi) is 6.59. The van der Waals surface area contributed by atoms with Crippen molar-refractivity contribution >= 4 is 38.9 Å². The SMILES string of the molecule is [C-]#[N+]c1cc(Cl)cnc1N1CCC(N2CC[C@H](Cc3ccc(S(C)(=O)=O)cc3F)C2=O)CC1. The number of rotatable bonds is 5. The van der Waals surface area contributed by atoms with Crippen molar-refractivity contribution in [3.05, 3.63) is 58.3 Å². The fourth-order valence-electron chi connectivity index (χ4n) is 4.64. The van der Waals surface area contributed by atoms with Gasteiger partial charge in [0.25, 0.3) is 0 Å². The Morgan fingerprint density at radius 1 is 1.21 bits per heavy atom. The Morgan fingerprint density at radius 2 is 1.94 bits per heavy atom. The third-order valence-corrected chi connectivity index (χ3v) is 7.73. The van der Waals surface area contributed by atoms with Gasteiger partial charge in [0.05, 0.1) is 11.5 Å². The monoisotopic (exact) mass is 490 g/mol. The van der Waals surface area contributed by atoms with Gasteiger partial charge in [-0.15, -0.1) is 0 Å². The molecule has 2 saturated heterocycles. The molecule has 2 aliphatic rings. The number of benzene rings is 1.